The smallest absolute Gasteiger partial charge is 0.287 e. The third kappa shape index (κ3) is 4.44. The minimum atomic E-state index is -0.218. The van der Waals surface area contributed by atoms with Crippen LogP contribution in [-0.4, -0.2) is 37.6 Å². The number of ether oxygens (including phenoxy) is 2. The Labute approximate surface area is 182 Å². The minimum Gasteiger partial charge on any atom is -0.493 e. The second-order valence-electron chi connectivity index (χ2n) is 7.80. The lowest BCUT2D eigenvalue weighted by Gasteiger charge is -2.41. The Bertz CT molecular complexity index is 1020. The second kappa shape index (κ2) is 9.27. The van der Waals surface area contributed by atoms with Crippen LogP contribution >= 0.6 is 0 Å². The molecule has 1 N–H and O–H groups in total. The molecule has 0 bridgehead atoms. The molecule has 3 aromatic rings. The van der Waals surface area contributed by atoms with Gasteiger partial charge in [-0.15, -0.1) is 0 Å². The van der Waals surface area contributed by atoms with Crippen LogP contribution in [0.15, 0.2) is 65.3 Å². The van der Waals surface area contributed by atoms with E-state index in [-0.39, 0.29) is 18.0 Å². The number of amides is 1. The van der Waals surface area contributed by atoms with Gasteiger partial charge in [0, 0.05) is 19.1 Å². The standard InChI is InChI=1S/C25H28N2O4/c1-17(26-25(28)21-10-7-13-31-21)24-20-15-23(30-3)22(29-2)14-19(20)11-12-27(24)16-18-8-5-4-6-9-18/h4-10,13-15,17,24H,11-12,16H2,1-3H3,(H,26,28)/t17-,24-/m1/s1. The van der Waals surface area contributed by atoms with Crippen LogP contribution in [0.5, 0.6) is 11.5 Å². The number of carbonyl (C=O) groups is 1. The lowest BCUT2D eigenvalue weighted by molar-refractivity contribution is 0.0850. The maximum absolute atomic E-state index is 12.7. The number of methoxy groups -OCH3 is 2. The number of benzene rings is 2. The van der Waals surface area contributed by atoms with E-state index in [4.69, 9.17) is 13.9 Å². The fourth-order valence-corrected chi connectivity index (χ4v) is 4.37. The van der Waals surface area contributed by atoms with E-state index in [1.807, 2.05) is 19.1 Å². The molecule has 0 spiro atoms. The molecular weight excluding hydrogens is 392 g/mol. The molecule has 2 heterocycles. The van der Waals surface area contributed by atoms with E-state index in [0.29, 0.717) is 11.5 Å². The van der Waals surface area contributed by atoms with Gasteiger partial charge in [0.25, 0.3) is 5.91 Å². The highest BCUT2D eigenvalue weighted by atomic mass is 16.5. The molecule has 1 amide bonds. The third-order valence-corrected chi connectivity index (χ3v) is 5.83. The van der Waals surface area contributed by atoms with E-state index >= 15 is 0 Å². The minimum absolute atomic E-state index is 0.0253. The first-order valence-corrected chi connectivity index (χ1v) is 10.5. The largest absolute Gasteiger partial charge is 0.493 e. The fourth-order valence-electron chi connectivity index (χ4n) is 4.37. The maximum Gasteiger partial charge on any atom is 0.287 e. The highest BCUT2D eigenvalue weighted by molar-refractivity contribution is 5.91. The zero-order valence-electron chi connectivity index (χ0n) is 18.1. The average molecular weight is 421 g/mol. The summed E-state index contributed by atoms with van der Waals surface area (Å²) in [6.07, 6.45) is 2.41. The number of nitrogens with zero attached hydrogens (tertiary/aromatic N) is 1. The summed E-state index contributed by atoms with van der Waals surface area (Å²) in [6, 6.07) is 17.7. The normalized spacial score (nSPS) is 16.9. The van der Waals surface area contributed by atoms with Crippen molar-refractivity contribution in [3.8, 4) is 11.5 Å². The molecule has 1 aliphatic heterocycles. The van der Waals surface area contributed by atoms with Gasteiger partial charge in [0.1, 0.15) is 0 Å². The summed E-state index contributed by atoms with van der Waals surface area (Å²) >= 11 is 0. The number of furan rings is 1. The number of hydrogen-bond acceptors (Lipinski definition) is 5. The van der Waals surface area contributed by atoms with Gasteiger partial charge in [-0.2, -0.15) is 0 Å². The highest BCUT2D eigenvalue weighted by Crippen LogP contribution is 2.40. The monoisotopic (exact) mass is 420 g/mol. The first kappa shape index (κ1) is 21.0. The van der Waals surface area contributed by atoms with Gasteiger partial charge in [-0.25, -0.2) is 0 Å². The zero-order chi connectivity index (χ0) is 21.8. The van der Waals surface area contributed by atoms with Crippen LogP contribution in [0.2, 0.25) is 0 Å². The van der Waals surface area contributed by atoms with Crippen LogP contribution in [0, 0.1) is 0 Å². The van der Waals surface area contributed by atoms with Gasteiger partial charge in [-0.05, 0) is 54.3 Å². The Hall–Kier alpha value is -3.25. The topological polar surface area (TPSA) is 63.9 Å². The Kier molecular flexibility index (Phi) is 6.28. The highest BCUT2D eigenvalue weighted by Gasteiger charge is 2.34. The maximum atomic E-state index is 12.7. The van der Waals surface area contributed by atoms with E-state index < -0.39 is 0 Å². The molecule has 6 nitrogen and oxygen atoms in total. The Morgan fingerprint density at radius 1 is 1.13 bits per heavy atom. The lowest BCUT2D eigenvalue weighted by Crippen LogP contribution is -2.47. The molecule has 31 heavy (non-hydrogen) atoms. The summed E-state index contributed by atoms with van der Waals surface area (Å²) in [7, 11) is 3.30. The van der Waals surface area contributed by atoms with Crippen LogP contribution in [-0.2, 0) is 13.0 Å². The van der Waals surface area contributed by atoms with Crippen molar-refractivity contribution >= 4 is 5.91 Å². The Balaban J connectivity index is 1.68. The number of nitrogens with one attached hydrogen (secondary N) is 1. The molecule has 0 saturated carbocycles. The molecule has 0 radical (unpaired) electrons. The molecule has 6 heteroatoms. The number of fused-ring (bicyclic) bond motifs is 1. The predicted octanol–water partition coefficient (Wildman–Crippen LogP) is 4.21. The Morgan fingerprint density at radius 3 is 2.55 bits per heavy atom. The SMILES string of the molecule is COc1cc2c(cc1OC)[C@@H]([C@@H](C)NC(=O)c1ccco1)N(Cc1ccccc1)CC2. The van der Waals surface area contributed by atoms with Crippen molar-refractivity contribution < 1.29 is 18.7 Å². The summed E-state index contributed by atoms with van der Waals surface area (Å²) in [5.74, 6) is 1.51. The first-order chi connectivity index (χ1) is 15.1. The van der Waals surface area contributed by atoms with Gasteiger partial charge in [-0.1, -0.05) is 30.3 Å². The van der Waals surface area contributed by atoms with Gasteiger partial charge < -0.3 is 19.2 Å². The lowest BCUT2D eigenvalue weighted by atomic mass is 9.87. The van der Waals surface area contributed by atoms with E-state index in [1.54, 1.807) is 26.4 Å². The summed E-state index contributed by atoms with van der Waals surface area (Å²) < 4.78 is 16.4. The van der Waals surface area contributed by atoms with Crippen molar-refractivity contribution in [2.24, 2.45) is 0 Å². The zero-order valence-corrected chi connectivity index (χ0v) is 18.1. The summed E-state index contributed by atoms with van der Waals surface area (Å²) in [5.41, 5.74) is 3.60. The molecule has 162 valence electrons. The second-order valence-corrected chi connectivity index (χ2v) is 7.80. The molecule has 0 aliphatic carbocycles. The third-order valence-electron chi connectivity index (χ3n) is 5.83. The molecule has 0 saturated heterocycles. The number of rotatable bonds is 7. The molecule has 0 fully saturated rings. The van der Waals surface area contributed by atoms with Crippen molar-refractivity contribution in [2.45, 2.75) is 32.0 Å². The molecule has 1 aromatic heterocycles. The van der Waals surface area contributed by atoms with E-state index in [9.17, 15) is 4.79 Å². The number of hydrogen-bond donors (Lipinski definition) is 1. The molecule has 2 aromatic carbocycles. The Morgan fingerprint density at radius 2 is 1.87 bits per heavy atom. The summed E-state index contributed by atoms with van der Waals surface area (Å²) in [5, 5.41) is 3.13. The molecule has 2 atom stereocenters. The van der Waals surface area contributed by atoms with Crippen LogP contribution in [0.1, 0.15) is 40.2 Å². The number of carbonyl (C=O) groups excluding carboxylic acids is 1. The van der Waals surface area contributed by atoms with Crippen molar-refractivity contribution in [1.82, 2.24) is 10.2 Å². The fraction of sp³-hybridized carbons (Fsp3) is 0.320. The van der Waals surface area contributed by atoms with Gasteiger partial charge >= 0.3 is 0 Å². The molecular formula is C25H28N2O4. The predicted molar refractivity (Wildman–Crippen MR) is 118 cm³/mol. The van der Waals surface area contributed by atoms with Gasteiger partial charge in [0.15, 0.2) is 17.3 Å². The van der Waals surface area contributed by atoms with E-state index in [1.165, 1.54) is 17.4 Å². The first-order valence-electron chi connectivity index (χ1n) is 10.5. The van der Waals surface area contributed by atoms with Crippen LogP contribution < -0.4 is 14.8 Å². The van der Waals surface area contributed by atoms with Gasteiger partial charge in [0.05, 0.1) is 26.5 Å². The van der Waals surface area contributed by atoms with E-state index in [2.05, 4.69) is 40.5 Å². The molecule has 4 rings (SSSR count). The molecule has 1 aliphatic rings. The quantitative estimate of drug-likeness (QED) is 0.620. The van der Waals surface area contributed by atoms with E-state index in [0.717, 1.165) is 30.8 Å². The van der Waals surface area contributed by atoms with Crippen LogP contribution in [0.3, 0.4) is 0 Å². The van der Waals surface area contributed by atoms with Crippen molar-refractivity contribution in [3.63, 3.8) is 0 Å². The summed E-state index contributed by atoms with van der Waals surface area (Å²) in [6.45, 7) is 3.71. The van der Waals surface area contributed by atoms with Crippen molar-refractivity contribution in [2.75, 3.05) is 20.8 Å². The molecule has 0 unspecified atom stereocenters. The average Bonchev–Trinajstić information content (AvgIpc) is 3.33. The van der Waals surface area contributed by atoms with Crippen molar-refractivity contribution in [3.05, 3.63) is 83.3 Å². The van der Waals surface area contributed by atoms with Gasteiger partial charge in [0.2, 0.25) is 0 Å². The van der Waals surface area contributed by atoms with Crippen molar-refractivity contribution in [1.29, 1.82) is 0 Å². The summed E-state index contributed by atoms with van der Waals surface area (Å²) in [4.78, 5) is 15.1. The van der Waals surface area contributed by atoms with Crippen LogP contribution in [0.25, 0.3) is 0 Å². The van der Waals surface area contributed by atoms with Gasteiger partial charge in [-0.3, -0.25) is 9.69 Å². The van der Waals surface area contributed by atoms with Crippen LogP contribution in [0.4, 0.5) is 0 Å².